The lowest BCUT2D eigenvalue weighted by molar-refractivity contribution is 0.0711. The van der Waals surface area contributed by atoms with Gasteiger partial charge in [0.05, 0.1) is 6.54 Å². The lowest BCUT2D eigenvalue weighted by atomic mass is 10.0. The van der Waals surface area contributed by atoms with Gasteiger partial charge in [0.25, 0.3) is 0 Å². The van der Waals surface area contributed by atoms with Gasteiger partial charge in [-0.2, -0.15) is 0 Å². The monoisotopic (exact) mass is 439 g/mol. The molecule has 1 aromatic heterocycles. The van der Waals surface area contributed by atoms with E-state index in [2.05, 4.69) is 29.5 Å². The van der Waals surface area contributed by atoms with Gasteiger partial charge in [0.15, 0.2) is 5.96 Å². The summed E-state index contributed by atoms with van der Waals surface area (Å²) in [5, 5.41) is 19.1. The molecule has 4 nitrogen and oxygen atoms in total. The van der Waals surface area contributed by atoms with Gasteiger partial charge in [-0.25, -0.2) is 4.99 Å². The molecular formula is C16H30IN3OS. The molecule has 6 heteroatoms. The van der Waals surface area contributed by atoms with Gasteiger partial charge in [-0.05, 0) is 31.2 Å². The topological polar surface area (TPSA) is 56.7 Å². The SMILES string of the molecule is CCNC(=NCC(C)(O)c1cccs1)NCC(CC)CC.I. The van der Waals surface area contributed by atoms with Gasteiger partial charge in [-0.15, -0.1) is 35.3 Å². The molecular weight excluding hydrogens is 409 g/mol. The number of hydrogen-bond donors (Lipinski definition) is 3. The fourth-order valence-corrected chi connectivity index (χ4v) is 2.84. The van der Waals surface area contributed by atoms with Crippen molar-refractivity contribution in [3.05, 3.63) is 22.4 Å². The Morgan fingerprint density at radius 2 is 2.00 bits per heavy atom. The van der Waals surface area contributed by atoms with Crippen LogP contribution in [0, 0.1) is 5.92 Å². The van der Waals surface area contributed by atoms with Crippen LogP contribution in [-0.4, -0.2) is 30.7 Å². The number of guanidine groups is 1. The molecule has 0 saturated carbocycles. The first-order valence-corrected chi connectivity index (χ1v) is 8.69. The van der Waals surface area contributed by atoms with Crippen molar-refractivity contribution in [2.45, 2.75) is 46.1 Å². The van der Waals surface area contributed by atoms with Crippen molar-refractivity contribution >= 4 is 41.3 Å². The summed E-state index contributed by atoms with van der Waals surface area (Å²) in [7, 11) is 0. The van der Waals surface area contributed by atoms with Gasteiger partial charge in [0, 0.05) is 18.0 Å². The van der Waals surface area contributed by atoms with Crippen molar-refractivity contribution in [2.75, 3.05) is 19.6 Å². The number of rotatable bonds is 8. The minimum atomic E-state index is -0.911. The number of aliphatic hydroxyl groups is 1. The third kappa shape index (κ3) is 7.28. The Labute approximate surface area is 155 Å². The normalized spacial score (nSPS) is 14.4. The van der Waals surface area contributed by atoms with Crippen LogP contribution in [0.25, 0.3) is 0 Å². The Hall–Kier alpha value is -0.340. The second-order valence-corrected chi connectivity index (χ2v) is 6.46. The highest BCUT2D eigenvalue weighted by Crippen LogP contribution is 2.25. The van der Waals surface area contributed by atoms with Gasteiger partial charge in [0.2, 0.25) is 0 Å². The molecule has 0 aliphatic heterocycles. The highest BCUT2D eigenvalue weighted by molar-refractivity contribution is 14.0. The molecule has 22 heavy (non-hydrogen) atoms. The Morgan fingerprint density at radius 1 is 1.32 bits per heavy atom. The molecule has 3 N–H and O–H groups in total. The van der Waals surface area contributed by atoms with E-state index in [-0.39, 0.29) is 24.0 Å². The molecule has 0 amide bonds. The summed E-state index contributed by atoms with van der Waals surface area (Å²) < 4.78 is 0. The molecule has 0 bridgehead atoms. The van der Waals surface area contributed by atoms with Crippen LogP contribution < -0.4 is 10.6 Å². The predicted octanol–water partition coefficient (Wildman–Crippen LogP) is 3.56. The van der Waals surface area contributed by atoms with Gasteiger partial charge in [-0.3, -0.25) is 0 Å². The molecule has 1 unspecified atom stereocenters. The largest absolute Gasteiger partial charge is 0.383 e. The maximum absolute atomic E-state index is 10.5. The number of hydrogen-bond acceptors (Lipinski definition) is 3. The number of thiophene rings is 1. The maximum Gasteiger partial charge on any atom is 0.191 e. The third-order valence-corrected chi connectivity index (χ3v) is 4.78. The lowest BCUT2D eigenvalue weighted by Crippen LogP contribution is -2.40. The van der Waals surface area contributed by atoms with E-state index in [4.69, 9.17) is 0 Å². The highest BCUT2D eigenvalue weighted by Gasteiger charge is 2.24. The van der Waals surface area contributed by atoms with Crippen molar-refractivity contribution < 1.29 is 5.11 Å². The van der Waals surface area contributed by atoms with E-state index in [0.717, 1.165) is 36.8 Å². The third-order valence-electron chi connectivity index (χ3n) is 3.65. The van der Waals surface area contributed by atoms with Gasteiger partial charge >= 0.3 is 0 Å². The average molecular weight is 439 g/mol. The molecule has 128 valence electrons. The summed E-state index contributed by atoms with van der Waals surface area (Å²) in [4.78, 5) is 5.48. The number of aliphatic imine (C=N–C) groups is 1. The van der Waals surface area contributed by atoms with Gasteiger partial charge < -0.3 is 15.7 Å². The summed E-state index contributed by atoms with van der Waals surface area (Å²) in [6, 6.07) is 3.90. The van der Waals surface area contributed by atoms with Crippen molar-refractivity contribution in [1.82, 2.24) is 10.6 Å². The van der Waals surface area contributed by atoms with E-state index < -0.39 is 5.60 Å². The Kier molecular flexibility index (Phi) is 11.1. The molecule has 0 aliphatic rings. The van der Waals surface area contributed by atoms with Crippen molar-refractivity contribution in [3.63, 3.8) is 0 Å². The number of nitrogens with zero attached hydrogens (tertiary/aromatic N) is 1. The maximum atomic E-state index is 10.5. The van der Waals surface area contributed by atoms with E-state index in [9.17, 15) is 5.11 Å². The predicted molar refractivity (Wildman–Crippen MR) is 107 cm³/mol. The standard InChI is InChI=1S/C16H29N3OS.HI/c1-5-13(6-2)11-18-15(17-7-3)19-12-16(4,20)14-9-8-10-21-14;/h8-10,13,20H,5-7,11-12H2,1-4H3,(H2,17,18,19);1H. The zero-order chi connectivity index (χ0) is 15.7. The van der Waals surface area contributed by atoms with Crippen molar-refractivity contribution in [2.24, 2.45) is 10.9 Å². The Balaban J connectivity index is 0.00000441. The molecule has 0 spiro atoms. The fraction of sp³-hybridized carbons (Fsp3) is 0.688. The van der Waals surface area contributed by atoms with Crippen LogP contribution in [0.4, 0.5) is 0 Å². The first-order chi connectivity index (χ1) is 10.0. The second kappa shape index (κ2) is 11.2. The van der Waals surface area contributed by atoms with Gasteiger partial charge in [0.1, 0.15) is 5.60 Å². The molecule has 0 radical (unpaired) electrons. The first kappa shape index (κ1) is 21.7. The molecule has 0 aromatic carbocycles. The fourth-order valence-electron chi connectivity index (χ4n) is 2.06. The summed E-state index contributed by atoms with van der Waals surface area (Å²) in [5.41, 5.74) is -0.911. The zero-order valence-electron chi connectivity index (χ0n) is 14.1. The first-order valence-electron chi connectivity index (χ1n) is 7.82. The van der Waals surface area contributed by atoms with E-state index in [1.54, 1.807) is 11.3 Å². The van der Waals surface area contributed by atoms with E-state index >= 15 is 0 Å². The highest BCUT2D eigenvalue weighted by atomic mass is 127. The Bertz CT molecular complexity index is 417. The van der Waals surface area contributed by atoms with E-state index in [1.165, 1.54) is 0 Å². The lowest BCUT2D eigenvalue weighted by Gasteiger charge is -2.21. The Morgan fingerprint density at radius 3 is 2.50 bits per heavy atom. The minimum absolute atomic E-state index is 0. The molecule has 1 heterocycles. The van der Waals surface area contributed by atoms with Gasteiger partial charge in [-0.1, -0.05) is 32.8 Å². The summed E-state index contributed by atoms with van der Waals surface area (Å²) in [5.74, 6) is 1.44. The van der Waals surface area contributed by atoms with Crippen LogP contribution in [-0.2, 0) is 5.60 Å². The van der Waals surface area contributed by atoms with Crippen molar-refractivity contribution in [1.29, 1.82) is 0 Å². The van der Waals surface area contributed by atoms with Crippen LogP contribution in [0.15, 0.2) is 22.5 Å². The zero-order valence-corrected chi connectivity index (χ0v) is 17.2. The average Bonchev–Trinajstić information content (AvgIpc) is 3.00. The number of nitrogens with one attached hydrogen (secondary N) is 2. The summed E-state index contributed by atoms with van der Waals surface area (Å²) in [6.45, 7) is 10.4. The smallest absolute Gasteiger partial charge is 0.191 e. The molecule has 0 saturated heterocycles. The number of halogens is 1. The summed E-state index contributed by atoms with van der Waals surface area (Å²) in [6.07, 6.45) is 2.33. The molecule has 0 aliphatic carbocycles. The van der Waals surface area contributed by atoms with Crippen LogP contribution in [0.2, 0.25) is 0 Å². The molecule has 1 rings (SSSR count). The minimum Gasteiger partial charge on any atom is -0.383 e. The van der Waals surface area contributed by atoms with Crippen molar-refractivity contribution in [3.8, 4) is 0 Å². The molecule has 0 fully saturated rings. The van der Waals surface area contributed by atoms with E-state index in [1.807, 2.05) is 31.4 Å². The second-order valence-electron chi connectivity index (χ2n) is 5.51. The summed E-state index contributed by atoms with van der Waals surface area (Å²) >= 11 is 1.56. The van der Waals surface area contributed by atoms with Crippen LogP contribution in [0.3, 0.4) is 0 Å². The quantitative estimate of drug-likeness (QED) is 0.330. The molecule has 1 aromatic rings. The van der Waals surface area contributed by atoms with Crippen LogP contribution in [0.1, 0.15) is 45.4 Å². The van der Waals surface area contributed by atoms with Crippen LogP contribution >= 0.6 is 35.3 Å². The molecule has 1 atom stereocenters. The van der Waals surface area contributed by atoms with Crippen LogP contribution in [0.5, 0.6) is 0 Å². The van der Waals surface area contributed by atoms with E-state index in [0.29, 0.717) is 12.5 Å².